The van der Waals surface area contributed by atoms with E-state index in [2.05, 4.69) is 26.0 Å². The summed E-state index contributed by atoms with van der Waals surface area (Å²) in [5, 5.41) is 16.3. The Bertz CT molecular complexity index is 622. The molecule has 0 saturated carbocycles. The second-order valence-corrected chi connectivity index (χ2v) is 4.34. The first-order chi connectivity index (χ1) is 9.29. The van der Waals surface area contributed by atoms with Crippen molar-refractivity contribution in [3.8, 4) is 0 Å². The molecule has 1 heterocycles. The van der Waals surface area contributed by atoms with Crippen LogP contribution >= 0.6 is 0 Å². The van der Waals surface area contributed by atoms with E-state index in [9.17, 15) is 5.21 Å². The lowest BCUT2D eigenvalue weighted by atomic mass is 10.1. The van der Waals surface area contributed by atoms with Gasteiger partial charge in [-0.1, -0.05) is 24.3 Å². The minimum Gasteiger partial charge on any atom is -0.379 e. The first-order valence-corrected chi connectivity index (χ1v) is 5.93. The van der Waals surface area contributed by atoms with Gasteiger partial charge in [-0.3, -0.25) is 15.7 Å². The molecule has 98 valence electrons. The Labute approximate surface area is 109 Å². The fourth-order valence-corrected chi connectivity index (χ4v) is 2.33. The number of hydrogen-bond donors (Lipinski definition) is 3. The minimum absolute atomic E-state index is 0.0260. The average molecular weight is 259 g/mol. The van der Waals surface area contributed by atoms with Gasteiger partial charge in [-0.2, -0.15) is 0 Å². The number of hydroxylamine groups is 1. The molecule has 1 aromatic carbocycles. The summed E-state index contributed by atoms with van der Waals surface area (Å²) in [7, 11) is 0. The van der Waals surface area contributed by atoms with Crippen molar-refractivity contribution in [3.05, 3.63) is 41.1 Å². The second kappa shape index (κ2) is 4.69. The highest BCUT2D eigenvalue weighted by molar-refractivity contribution is 5.99. The Hall–Kier alpha value is -2.41. The molecule has 0 amide bonds. The number of fused-ring (bicyclic) bond motifs is 1. The van der Waals surface area contributed by atoms with Crippen molar-refractivity contribution in [2.75, 3.05) is 5.73 Å². The maximum atomic E-state index is 9.18. The molecule has 1 aliphatic carbocycles. The lowest BCUT2D eigenvalue weighted by Crippen LogP contribution is -2.23. The van der Waals surface area contributed by atoms with Gasteiger partial charge in [-0.15, -0.1) is 0 Å². The van der Waals surface area contributed by atoms with E-state index in [4.69, 9.17) is 5.73 Å². The van der Waals surface area contributed by atoms with Gasteiger partial charge >= 0.3 is 0 Å². The number of aromatic nitrogens is 2. The van der Waals surface area contributed by atoms with Gasteiger partial charge in [0.05, 0.1) is 6.04 Å². The third kappa shape index (κ3) is 2.04. The number of nitrogen functional groups attached to an aromatic ring is 1. The van der Waals surface area contributed by atoms with Crippen LogP contribution in [-0.2, 0) is 6.42 Å². The highest BCUT2D eigenvalue weighted by Gasteiger charge is 2.23. The number of benzene rings is 1. The Kier molecular flexibility index (Phi) is 2.88. The molecule has 1 atom stereocenters. The summed E-state index contributed by atoms with van der Waals surface area (Å²) in [6.45, 7) is 0. The van der Waals surface area contributed by atoms with E-state index in [0.29, 0.717) is 0 Å². The van der Waals surface area contributed by atoms with Crippen molar-refractivity contribution in [2.45, 2.75) is 18.9 Å². The van der Waals surface area contributed by atoms with Crippen molar-refractivity contribution in [1.29, 1.82) is 0 Å². The summed E-state index contributed by atoms with van der Waals surface area (Å²) in [4.78, 5) is 4.45. The maximum absolute atomic E-state index is 9.18. The number of aryl methyl sites for hydroxylation is 1. The zero-order chi connectivity index (χ0) is 13.2. The molecule has 0 spiro atoms. The second-order valence-electron chi connectivity index (χ2n) is 4.34. The zero-order valence-corrected chi connectivity index (χ0v) is 10.1. The van der Waals surface area contributed by atoms with Gasteiger partial charge in [-0.25, -0.2) is 4.63 Å². The lowest BCUT2D eigenvalue weighted by molar-refractivity contribution is 0.233. The molecule has 19 heavy (non-hydrogen) atoms. The van der Waals surface area contributed by atoms with Gasteiger partial charge in [0.1, 0.15) is 0 Å². The number of amidine groups is 1. The van der Waals surface area contributed by atoms with E-state index in [1.807, 2.05) is 23.7 Å². The molecule has 2 aromatic rings. The van der Waals surface area contributed by atoms with Crippen LogP contribution in [0.25, 0.3) is 0 Å². The van der Waals surface area contributed by atoms with E-state index in [0.717, 1.165) is 18.4 Å². The Morgan fingerprint density at radius 2 is 2.26 bits per heavy atom. The zero-order valence-electron chi connectivity index (χ0n) is 10.1. The molecule has 1 unspecified atom stereocenters. The van der Waals surface area contributed by atoms with Crippen LogP contribution < -0.4 is 11.2 Å². The van der Waals surface area contributed by atoms with Crippen LogP contribution in [0.1, 0.15) is 29.3 Å². The maximum Gasteiger partial charge on any atom is 0.199 e. The number of anilines is 1. The van der Waals surface area contributed by atoms with Crippen molar-refractivity contribution in [2.24, 2.45) is 4.99 Å². The number of hydrogen-bond acceptors (Lipinski definition) is 6. The summed E-state index contributed by atoms with van der Waals surface area (Å²) in [6, 6.07) is 8.08. The molecule has 1 aliphatic rings. The molecule has 0 aliphatic heterocycles. The molecule has 0 fully saturated rings. The first kappa shape index (κ1) is 11.7. The van der Waals surface area contributed by atoms with Crippen LogP contribution in [0.4, 0.5) is 5.82 Å². The van der Waals surface area contributed by atoms with Crippen LogP contribution in [0.3, 0.4) is 0 Å². The molecule has 3 rings (SSSR count). The molecule has 4 N–H and O–H groups in total. The van der Waals surface area contributed by atoms with E-state index < -0.39 is 0 Å². The summed E-state index contributed by atoms with van der Waals surface area (Å²) in [5.41, 5.74) is 10.2. The van der Waals surface area contributed by atoms with E-state index >= 15 is 0 Å². The van der Waals surface area contributed by atoms with E-state index in [1.165, 1.54) is 5.56 Å². The van der Waals surface area contributed by atoms with Crippen molar-refractivity contribution >= 4 is 11.7 Å². The molecule has 0 bridgehead atoms. The summed E-state index contributed by atoms with van der Waals surface area (Å²) in [6.07, 6.45) is 1.85. The summed E-state index contributed by atoms with van der Waals surface area (Å²) < 4.78 is 4.51. The third-order valence-corrected chi connectivity index (χ3v) is 3.23. The number of nitrogens with two attached hydrogens (primary N) is 1. The van der Waals surface area contributed by atoms with Crippen molar-refractivity contribution in [1.82, 2.24) is 15.8 Å². The van der Waals surface area contributed by atoms with Gasteiger partial charge in [0.2, 0.25) is 0 Å². The molecule has 7 heteroatoms. The van der Waals surface area contributed by atoms with Crippen LogP contribution in [0.2, 0.25) is 0 Å². The number of rotatable bonds is 2. The predicted molar refractivity (Wildman–Crippen MR) is 67.7 cm³/mol. The van der Waals surface area contributed by atoms with Crippen LogP contribution in [-0.4, -0.2) is 21.4 Å². The lowest BCUT2D eigenvalue weighted by Gasteiger charge is -2.08. The molecule has 1 aromatic heterocycles. The van der Waals surface area contributed by atoms with Gasteiger partial charge < -0.3 is 5.73 Å². The number of nitrogens with one attached hydrogen (secondary N) is 1. The topological polar surface area (TPSA) is 110 Å². The van der Waals surface area contributed by atoms with E-state index in [-0.39, 0.29) is 23.4 Å². The molecule has 7 nitrogen and oxygen atoms in total. The SMILES string of the molecule is Nc1nonc1C(=NC1CCc2ccccc21)NO. The van der Waals surface area contributed by atoms with Crippen LogP contribution in [0.5, 0.6) is 0 Å². The molecular formula is C12H13N5O2. The number of nitrogens with zero attached hydrogens (tertiary/aromatic N) is 3. The number of aliphatic imine (C=N–C) groups is 1. The van der Waals surface area contributed by atoms with Gasteiger partial charge in [0, 0.05) is 0 Å². The molecular weight excluding hydrogens is 246 g/mol. The standard InChI is InChI=1S/C12H13N5O2/c13-11-10(16-19-17-11)12(15-18)14-9-6-5-7-3-1-2-4-8(7)9/h1-4,9,18H,5-6H2,(H2,13,17)(H,14,15). The van der Waals surface area contributed by atoms with Crippen LogP contribution in [0, 0.1) is 0 Å². The van der Waals surface area contributed by atoms with Gasteiger partial charge in [0.25, 0.3) is 0 Å². The average Bonchev–Trinajstić information content (AvgIpc) is 3.03. The Balaban J connectivity index is 1.95. The first-order valence-electron chi connectivity index (χ1n) is 5.93. The summed E-state index contributed by atoms with van der Waals surface area (Å²) in [5.74, 6) is 0.257. The van der Waals surface area contributed by atoms with Gasteiger partial charge in [0.15, 0.2) is 17.3 Å². The van der Waals surface area contributed by atoms with Gasteiger partial charge in [-0.05, 0) is 34.3 Å². The van der Waals surface area contributed by atoms with E-state index in [1.54, 1.807) is 0 Å². The van der Waals surface area contributed by atoms with Crippen molar-refractivity contribution < 1.29 is 9.84 Å². The smallest absolute Gasteiger partial charge is 0.199 e. The quantitative estimate of drug-likeness (QED) is 0.422. The molecule has 0 saturated heterocycles. The normalized spacial score (nSPS) is 18.4. The minimum atomic E-state index is -0.0260. The van der Waals surface area contributed by atoms with Crippen molar-refractivity contribution in [3.63, 3.8) is 0 Å². The predicted octanol–water partition coefficient (Wildman–Crippen LogP) is 1.06. The molecule has 0 radical (unpaired) electrons. The Morgan fingerprint density at radius 3 is 3.00 bits per heavy atom. The highest BCUT2D eigenvalue weighted by atomic mass is 16.6. The fraction of sp³-hybridized carbons (Fsp3) is 0.250. The van der Waals surface area contributed by atoms with Crippen LogP contribution in [0.15, 0.2) is 33.9 Å². The monoisotopic (exact) mass is 259 g/mol. The summed E-state index contributed by atoms with van der Waals surface area (Å²) >= 11 is 0. The third-order valence-electron chi connectivity index (χ3n) is 3.23. The highest BCUT2D eigenvalue weighted by Crippen LogP contribution is 2.34. The fourth-order valence-electron chi connectivity index (χ4n) is 2.33. The largest absolute Gasteiger partial charge is 0.379 e. The Morgan fingerprint density at radius 1 is 1.42 bits per heavy atom.